The SMILES string of the molecule is CC(=O)O[C@@H]1[C@@H](OC(C)=O)[C@H](OC(C)=O)CO[C@H]1n1cc(-c2ccc(NC(=O)c3ccc(OCCN4CCCCC4)cc3)cc2)nn1. The summed E-state index contributed by atoms with van der Waals surface area (Å²) in [5.74, 6) is -1.46. The molecule has 2 fully saturated rings. The number of nitrogens with zero attached hydrogens (tertiary/aromatic N) is 4. The van der Waals surface area contributed by atoms with E-state index in [0.29, 0.717) is 29.1 Å². The standard InChI is InChI=1S/C33H39N5O9/c1-21(39)45-29-20-44-33(31(47-23(3)41)30(29)46-22(2)40)38-19-28(35-36-38)24-7-11-26(12-8-24)34-32(42)25-9-13-27(14-10-25)43-18-17-37-15-5-4-6-16-37/h7-14,19,29-31,33H,4-6,15-18,20H2,1-3H3,(H,34,42)/t29-,30+,31-,33-/m1/s1. The summed E-state index contributed by atoms with van der Waals surface area (Å²) in [5, 5.41) is 11.3. The van der Waals surface area contributed by atoms with Crippen molar-refractivity contribution in [3.05, 3.63) is 60.3 Å². The summed E-state index contributed by atoms with van der Waals surface area (Å²) in [5.41, 5.74) is 2.24. The van der Waals surface area contributed by atoms with E-state index in [0.717, 1.165) is 25.4 Å². The van der Waals surface area contributed by atoms with E-state index in [9.17, 15) is 19.2 Å². The van der Waals surface area contributed by atoms with Crippen LogP contribution in [-0.2, 0) is 33.3 Å². The maximum Gasteiger partial charge on any atom is 0.303 e. The van der Waals surface area contributed by atoms with Crippen LogP contribution in [0.2, 0.25) is 0 Å². The molecule has 4 atom stereocenters. The van der Waals surface area contributed by atoms with Crippen LogP contribution in [0.25, 0.3) is 11.3 Å². The Morgan fingerprint density at radius 2 is 1.51 bits per heavy atom. The summed E-state index contributed by atoms with van der Waals surface area (Å²) in [7, 11) is 0. The van der Waals surface area contributed by atoms with Gasteiger partial charge in [-0.2, -0.15) is 0 Å². The maximum atomic E-state index is 12.9. The van der Waals surface area contributed by atoms with Gasteiger partial charge in [-0.15, -0.1) is 5.10 Å². The molecule has 1 N–H and O–H groups in total. The molecule has 0 radical (unpaired) electrons. The van der Waals surface area contributed by atoms with Crippen molar-refractivity contribution in [1.29, 1.82) is 0 Å². The second-order valence-electron chi connectivity index (χ2n) is 11.4. The van der Waals surface area contributed by atoms with Gasteiger partial charge in [0, 0.05) is 44.1 Å². The highest BCUT2D eigenvalue weighted by molar-refractivity contribution is 6.04. The minimum absolute atomic E-state index is 0.141. The highest BCUT2D eigenvalue weighted by atomic mass is 16.6. The van der Waals surface area contributed by atoms with E-state index in [2.05, 4.69) is 20.5 Å². The summed E-state index contributed by atoms with van der Waals surface area (Å²) >= 11 is 0. The molecule has 0 unspecified atom stereocenters. The molecule has 2 aliphatic heterocycles. The lowest BCUT2D eigenvalue weighted by Gasteiger charge is -2.40. The summed E-state index contributed by atoms with van der Waals surface area (Å²) in [6, 6.07) is 14.1. The number of ether oxygens (including phenoxy) is 5. The molecule has 0 bridgehead atoms. The van der Waals surface area contributed by atoms with Crippen LogP contribution in [0.5, 0.6) is 5.75 Å². The normalized spacial score (nSPS) is 21.3. The number of piperidine rings is 1. The number of rotatable bonds is 11. The second kappa shape index (κ2) is 15.6. The van der Waals surface area contributed by atoms with E-state index in [1.165, 1.54) is 44.7 Å². The average molecular weight is 650 g/mol. The van der Waals surface area contributed by atoms with Crippen molar-refractivity contribution in [2.24, 2.45) is 0 Å². The van der Waals surface area contributed by atoms with Gasteiger partial charge in [0.2, 0.25) is 0 Å². The van der Waals surface area contributed by atoms with Gasteiger partial charge in [0.05, 0.1) is 12.8 Å². The summed E-state index contributed by atoms with van der Waals surface area (Å²) < 4.78 is 29.2. The molecular weight excluding hydrogens is 610 g/mol. The lowest BCUT2D eigenvalue weighted by atomic mass is 10.0. The highest BCUT2D eigenvalue weighted by Gasteiger charge is 2.48. The number of aromatic nitrogens is 3. The molecule has 3 heterocycles. The number of hydrogen-bond donors (Lipinski definition) is 1. The van der Waals surface area contributed by atoms with Gasteiger partial charge in [0.25, 0.3) is 5.91 Å². The van der Waals surface area contributed by atoms with Gasteiger partial charge < -0.3 is 29.0 Å². The third-order valence-corrected chi connectivity index (χ3v) is 7.77. The van der Waals surface area contributed by atoms with Crippen molar-refractivity contribution in [3.63, 3.8) is 0 Å². The summed E-state index contributed by atoms with van der Waals surface area (Å²) in [6.07, 6.45) is 1.03. The first-order valence-electron chi connectivity index (χ1n) is 15.6. The van der Waals surface area contributed by atoms with Crippen molar-refractivity contribution in [3.8, 4) is 17.0 Å². The lowest BCUT2D eigenvalue weighted by Crippen LogP contribution is -2.55. The number of amides is 1. The Bertz CT molecular complexity index is 1540. The molecule has 14 nitrogen and oxygen atoms in total. The van der Waals surface area contributed by atoms with E-state index in [1.807, 2.05) is 0 Å². The summed E-state index contributed by atoms with van der Waals surface area (Å²) in [4.78, 5) is 50.8. The molecule has 3 aromatic rings. The molecule has 14 heteroatoms. The lowest BCUT2D eigenvalue weighted by molar-refractivity contribution is -0.241. The first kappa shape index (κ1) is 33.5. The predicted octanol–water partition coefficient (Wildman–Crippen LogP) is 3.39. The molecule has 5 rings (SSSR count). The monoisotopic (exact) mass is 649 g/mol. The van der Waals surface area contributed by atoms with E-state index >= 15 is 0 Å². The predicted molar refractivity (Wildman–Crippen MR) is 167 cm³/mol. The molecule has 2 saturated heterocycles. The van der Waals surface area contributed by atoms with Crippen LogP contribution in [0, 0.1) is 0 Å². The van der Waals surface area contributed by atoms with Gasteiger partial charge in [-0.25, -0.2) is 4.68 Å². The molecule has 250 valence electrons. The first-order chi connectivity index (χ1) is 22.7. The number of carbonyl (C=O) groups is 4. The van der Waals surface area contributed by atoms with Gasteiger partial charge >= 0.3 is 17.9 Å². The molecular formula is C33H39N5O9. The zero-order valence-corrected chi connectivity index (χ0v) is 26.6. The number of carbonyl (C=O) groups excluding carboxylic acids is 4. The quantitative estimate of drug-likeness (QED) is 0.239. The molecule has 47 heavy (non-hydrogen) atoms. The van der Waals surface area contributed by atoms with Crippen LogP contribution in [0.3, 0.4) is 0 Å². The fourth-order valence-corrected chi connectivity index (χ4v) is 5.59. The number of nitrogens with one attached hydrogen (secondary N) is 1. The Morgan fingerprint density at radius 1 is 0.851 bits per heavy atom. The molecule has 0 saturated carbocycles. The Kier molecular flexibility index (Phi) is 11.2. The Labute approximate surface area is 272 Å². The van der Waals surface area contributed by atoms with Crippen molar-refractivity contribution in [2.75, 3.05) is 38.2 Å². The third-order valence-electron chi connectivity index (χ3n) is 7.77. The zero-order valence-electron chi connectivity index (χ0n) is 26.6. The third kappa shape index (κ3) is 9.14. The Balaban J connectivity index is 1.20. The van der Waals surface area contributed by atoms with Crippen molar-refractivity contribution in [1.82, 2.24) is 19.9 Å². The molecule has 1 aromatic heterocycles. The van der Waals surface area contributed by atoms with Gasteiger partial charge in [-0.05, 0) is 62.3 Å². The fourth-order valence-electron chi connectivity index (χ4n) is 5.59. The van der Waals surface area contributed by atoms with Crippen molar-refractivity contribution >= 4 is 29.5 Å². The van der Waals surface area contributed by atoms with Gasteiger partial charge in [-0.3, -0.25) is 24.1 Å². The first-order valence-corrected chi connectivity index (χ1v) is 15.6. The van der Waals surface area contributed by atoms with Crippen LogP contribution in [0.1, 0.15) is 56.6 Å². The molecule has 1 amide bonds. The highest BCUT2D eigenvalue weighted by Crippen LogP contribution is 2.31. The molecule has 0 spiro atoms. The Hall–Kier alpha value is -4.82. The number of anilines is 1. The zero-order chi connectivity index (χ0) is 33.3. The largest absolute Gasteiger partial charge is 0.492 e. The number of benzene rings is 2. The molecule has 0 aliphatic carbocycles. The summed E-state index contributed by atoms with van der Waals surface area (Å²) in [6.45, 7) is 7.22. The van der Waals surface area contributed by atoms with E-state index in [-0.39, 0.29) is 12.5 Å². The minimum Gasteiger partial charge on any atom is -0.492 e. The maximum absolute atomic E-state index is 12.9. The topological polar surface area (TPSA) is 160 Å². The second-order valence-corrected chi connectivity index (χ2v) is 11.4. The van der Waals surface area contributed by atoms with E-state index in [4.69, 9.17) is 23.7 Å². The van der Waals surface area contributed by atoms with Crippen LogP contribution in [-0.4, -0.2) is 94.9 Å². The number of hydrogen-bond acceptors (Lipinski definition) is 12. The van der Waals surface area contributed by atoms with Crippen LogP contribution >= 0.6 is 0 Å². The fraction of sp³-hybridized carbons (Fsp3) is 0.455. The van der Waals surface area contributed by atoms with Gasteiger partial charge in [0.15, 0.2) is 24.5 Å². The number of esters is 3. The Morgan fingerprint density at radius 3 is 2.17 bits per heavy atom. The van der Waals surface area contributed by atoms with E-state index < -0.39 is 42.4 Å². The van der Waals surface area contributed by atoms with Crippen molar-refractivity contribution in [2.45, 2.75) is 64.6 Å². The van der Waals surface area contributed by atoms with Gasteiger partial charge in [0.1, 0.15) is 18.1 Å². The van der Waals surface area contributed by atoms with E-state index in [1.54, 1.807) is 54.7 Å². The average Bonchev–Trinajstić information content (AvgIpc) is 3.53. The van der Waals surface area contributed by atoms with Crippen LogP contribution < -0.4 is 10.1 Å². The molecule has 2 aliphatic rings. The minimum atomic E-state index is -1.18. The number of likely N-dealkylation sites (tertiary alicyclic amines) is 1. The molecule has 2 aromatic carbocycles. The van der Waals surface area contributed by atoms with Crippen LogP contribution in [0.15, 0.2) is 54.7 Å². The van der Waals surface area contributed by atoms with Gasteiger partial charge in [-0.1, -0.05) is 23.8 Å². The van der Waals surface area contributed by atoms with Crippen LogP contribution in [0.4, 0.5) is 5.69 Å². The van der Waals surface area contributed by atoms with Crippen molar-refractivity contribution < 1.29 is 42.9 Å². The smallest absolute Gasteiger partial charge is 0.303 e.